The summed E-state index contributed by atoms with van der Waals surface area (Å²) in [6, 6.07) is 48.7. The fourth-order valence-electron chi connectivity index (χ4n) is 5.16. The summed E-state index contributed by atoms with van der Waals surface area (Å²) in [5.41, 5.74) is 6.32. The van der Waals surface area contributed by atoms with Crippen LogP contribution in [0.3, 0.4) is 0 Å². The van der Waals surface area contributed by atoms with Crippen molar-refractivity contribution in [3.8, 4) is 0 Å². The molecule has 0 radical (unpaired) electrons. The fourth-order valence-corrected chi connectivity index (χ4v) is 9.64. The van der Waals surface area contributed by atoms with E-state index in [9.17, 15) is 0 Å². The van der Waals surface area contributed by atoms with E-state index in [4.69, 9.17) is 17.0 Å². The topological polar surface area (TPSA) is 0 Å². The molecule has 0 heterocycles. The minimum atomic E-state index is -2.44. The van der Waals surface area contributed by atoms with E-state index >= 15 is 0 Å². The van der Waals surface area contributed by atoms with Gasteiger partial charge in [0, 0.05) is 0 Å². The molecule has 0 aliphatic heterocycles. The number of fused-ring (bicyclic) bond motifs is 4. The Hall–Kier alpha value is -3.09. The second kappa shape index (κ2) is 13.7. The zero-order valence-electron chi connectivity index (χ0n) is 23.5. The third-order valence-electron chi connectivity index (χ3n) is 7.23. The first-order chi connectivity index (χ1) is 19.9. The van der Waals surface area contributed by atoms with Crippen LogP contribution in [0.5, 0.6) is 0 Å². The molecular formula is C38H32Cl2Zr-2. The molecule has 204 valence electrons. The Bertz CT molecular complexity index is 1820. The van der Waals surface area contributed by atoms with Crippen LogP contribution in [0.25, 0.3) is 32.3 Å². The normalized spacial score (nSPS) is 10.6. The fraction of sp³-hybridized carbons (Fsp3) is 0.0789. The van der Waals surface area contributed by atoms with E-state index in [1.807, 2.05) is 36.4 Å². The van der Waals surface area contributed by atoms with Crippen LogP contribution in [0.15, 0.2) is 140 Å². The second-order valence-corrected chi connectivity index (χ2v) is 18.4. The van der Waals surface area contributed by atoms with E-state index in [1.165, 1.54) is 49.0 Å². The van der Waals surface area contributed by atoms with Crippen molar-refractivity contribution in [2.24, 2.45) is 0 Å². The van der Waals surface area contributed by atoms with Crippen LogP contribution in [-0.4, -0.2) is 3.21 Å². The summed E-state index contributed by atoms with van der Waals surface area (Å²) >= 11 is -2.44. The van der Waals surface area contributed by atoms with Gasteiger partial charge in [0.1, 0.15) is 0 Å². The summed E-state index contributed by atoms with van der Waals surface area (Å²) in [6.45, 7) is 6.42. The van der Waals surface area contributed by atoms with Gasteiger partial charge in [0.05, 0.1) is 0 Å². The average molecular weight is 651 g/mol. The van der Waals surface area contributed by atoms with Crippen LogP contribution < -0.4 is 0 Å². The Morgan fingerprint density at radius 1 is 0.537 bits per heavy atom. The molecule has 0 bridgehead atoms. The molecule has 0 spiro atoms. The Kier molecular flexibility index (Phi) is 9.84. The quantitative estimate of drug-likeness (QED) is 0.163. The van der Waals surface area contributed by atoms with E-state index in [-0.39, 0.29) is 0 Å². The van der Waals surface area contributed by atoms with Gasteiger partial charge in [-0.15, -0.1) is 74.8 Å². The van der Waals surface area contributed by atoms with Gasteiger partial charge in [-0.2, -0.15) is 11.6 Å². The molecule has 7 rings (SSSR count). The summed E-state index contributed by atoms with van der Waals surface area (Å²) in [4.78, 5) is 0. The van der Waals surface area contributed by atoms with E-state index < -0.39 is 18.9 Å². The van der Waals surface area contributed by atoms with Gasteiger partial charge in [-0.25, -0.2) is 0 Å². The first kappa shape index (κ1) is 29.4. The number of hydrogen-bond donors (Lipinski definition) is 0. The minimum absolute atomic E-state index is 1.15. The predicted molar refractivity (Wildman–Crippen MR) is 179 cm³/mol. The molecule has 0 unspecified atom stereocenters. The summed E-state index contributed by atoms with van der Waals surface area (Å²) in [7, 11) is 12.5. The number of hydrogen-bond acceptors (Lipinski definition) is 0. The summed E-state index contributed by atoms with van der Waals surface area (Å²) in [6.07, 6.45) is 0. The van der Waals surface area contributed by atoms with Crippen molar-refractivity contribution in [3.63, 3.8) is 0 Å². The molecule has 3 heteroatoms. The van der Waals surface area contributed by atoms with Gasteiger partial charge >= 0.3 is 111 Å². The Labute approximate surface area is 257 Å². The van der Waals surface area contributed by atoms with Crippen molar-refractivity contribution in [2.45, 2.75) is 20.8 Å². The summed E-state index contributed by atoms with van der Waals surface area (Å²) in [5, 5.41) is 8.18. The molecule has 0 nitrogen and oxygen atoms in total. The van der Waals surface area contributed by atoms with E-state index in [2.05, 4.69) is 124 Å². The number of rotatable bonds is 2. The van der Waals surface area contributed by atoms with Gasteiger partial charge in [-0.05, 0) is 13.8 Å². The second-order valence-electron chi connectivity index (χ2n) is 10.3. The molecule has 7 aromatic carbocycles. The predicted octanol–water partition coefficient (Wildman–Crippen LogP) is 11.4. The molecule has 0 fully saturated rings. The monoisotopic (exact) mass is 648 g/mol. The SMILES string of the molecule is Cc1c[cH-]c2ccccc12.Cc1ccc2c(c1)[cH-]c1cc(C)ccc12.[Cl][Zr]([Cl])=[C](c1ccccc1)c1ccccc1. The molecule has 0 aliphatic carbocycles. The number of halogens is 2. The van der Waals surface area contributed by atoms with E-state index in [0.717, 1.165) is 14.3 Å². The van der Waals surface area contributed by atoms with Crippen molar-refractivity contribution in [1.29, 1.82) is 0 Å². The molecule has 0 N–H and O–H groups in total. The number of benzene rings is 5. The van der Waals surface area contributed by atoms with Crippen LogP contribution in [0, 0.1) is 20.8 Å². The Morgan fingerprint density at radius 2 is 1.02 bits per heavy atom. The summed E-state index contributed by atoms with van der Waals surface area (Å²) < 4.78 is 1.15. The van der Waals surface area contributed by atoms with Crippen LogP contribution in [0.4, 0.5) is 0 Å². The first-order valence-corrected chi connectivity index (χ1v) is 21.3. The van der Waals surface area contributed by atoms with Crippen LogP contribution in [0.1, 0.15) is 27.8 Å². The van der Waals surface area contributed by atoms with Gasteiger partial charge < -0.3 is 0 Å². The van der Waals surface area contributed by atoms with Crippen molar-refractivity contribution < 1.29 is 18.9 Å². The van der Waals surface area contributed by atoms with Crippen molar-refractivity contribution in [1.82, 2.24) is 0 Å². The van der Waals surface area contributed by atoms with Crippen LogP contribution in [-0.2, 0) is 18.9 Å². The Balaban J connectivity index is 0.000000127. The van der Waals surface area contributed by atoms with Crippen molar-refractivity contribution >= 4 is 52.5 Å². The van der Waals surface area contributed by atoms with Gasteiger partial charge in [0.2, 0.25) is 0 Å². The van der Waals surface area contributed by atoms with E-state index in [0.29, 0.717) is 0 Å². The van der Waals surface area contributed by atoms with Crippen LogP contribution in [0.2, 0.25) is 0 Å². The van der Waals surface area contributed by atoms with Gasteiger partial charge in [-0.1, -0.05) is 48.4 Å². The summed E-state index contributed by atoms with van der Waals surface area (Å²) in [5.74, 6) is 0. The average Bonchev–Trinajstić information content (AvgIpc) is 3.54. The maximum atomic E-state index is 6.24. The number of aryl methyl sites for hydroxylation is 3. The molecule has 41 heavy (non-hydrogen) atoms. The molecule has 0 saturated carbocycles. The van der Waals surface area contributed by atoms with Gasteiger partial charge in [0.25, 0.3) is 0 Å². The standard InChI is InChI=1S/C15H13.C13H10.C10H9.2ClH.Zr/c1-10-3-5-14-12(7-10)9-13-8-11(2)4-6-15(13)14;1-3-7-12(8-4-1)11-13-9-5-2-6-10-13;1-8-6-7-9-4-2-3-5-10(8)9;;;/h3-9H,1-2H3;1-10H;2-7H,1H3;2*1H;/q-1;;-1;;;+2/p-2. The maximum absolute atomic E-state index is 6.24. The van der Waals surface area contributed by atoms with Gasteiger partial charge in [-0.3, -0.25) is 0 Å². The molecule has 7 aromatic rings. The van der Waals surface area contributed by atoms with E-state index in [1.54, 1.807) is 0 Å². The molecule has 0 aromatic heterocycles. The Morgan fingerprint density at radius 3 is 1.51 bits per heavy atom. The molecule has 0 aliphatic rings. The molecule has 0 amide bonds. The zero-order valence-corrected chi connectivity index (χ0v) is 27.5. The van der Waals surface area contributed by atoms with Gasteiger partial charge in [0.15, 0.2) is 0 Å². The molecule has 0 atom stereocenters. The first-order valence-electron chi connectivity index (χ1n) is 13.7. The zero-order chi connectivity index (χ0) is 28.8. The van der Waals surface area contributed by atoms with Crippen molar-refractivity contribution in [2.75, 3.05) is 0 Å². The molecule has 0 saturated heterocycles. The molecular weight excluding hydrogens is 619 g/mol. The third kappa shape index (κ3) is 7.23. The van der Waals surface area contributed by atoms with Crippen LogP contribution >= 0.6 is 17.0 Å². The van der Waals surface area contributed by atoms with Crippen molar-refractivity contribution in [3.05, 3.63) is 167 Å². The third-order valence-corrected chi connectivity index (χ3v) is 11.8.